The number of fused-ring (bicyclic) bond motifs is 2. The molecule has 0 bridgehead atoms. The fourth-order valence-electron chi connectivity index (χ4n) is 4.31. The molecule has 5 rings (SSSR count). The summed E-state index contributed by atoms with van der Waals surface area (Å²) in [6, 6.07) is 6.43. The van der Waals surface area contributed by atoms with E-state index in [-0.39, 0.29) is 24.5 Å². The number of aryl methyl sites for hydroxylation is 2. The van der Waals surface area contributed by atoms with E-state index in [9.17, 15) is 14.4 Å². The highest BCUT2D eigenvalue weighted by Crippen LogP contribution is 2.33. The van der Waals surface area contributed by atoms with Crippen LogP contribution in [0.1, 0.15) is 36.6 Å². The van der Waals surface area contributed by atoms with Crippen molar-refractivity contribution in [2.24, 2.45) is 0 Å². The number of anilines is 1. The molecule has 0 radical (unpaired) electrons. The molecule has 1 aliphatic rings. The van der Waals surface area contributed by atoms with Gasteiger partial charge in [0.15, 0.2) is 5.13 Å². The minimum absolute atomic E-state index is 0.0455. The topological polar surface area (TPSA) is 103 Å². The van der Waals surface area contributed by atoms with Gasteiger partial charge in [-0.15, -0.1) is 22.7 Å². The summed E-state index contributed by atoms with van der Waals surface area (Å²) in [5, 5.41) is 7.26. The van der Waals surface area contributed by atoms with Gasteiger partial charge in [-0.25, -0.2) is 9.97 Å². The molecule has 35 heavy (non-hydrogen) atoms. The normalized spacial score (nSPS) is 12.9. The van der Waals surface area contributed by atoms with E-state index < -0.39 is 5.91 Å². The molecule has 0 atom stereocenters. The summed E-state index contributed by atoms with van der Waals surface area (Å²) in [4.78, 5) is 46.9. The molecule has 3 aromatic heterocycles. The van der Waals surface area contributed by atoms with Gasteiger partial charge in [0.1, 0.15) is 11.4 Å². The van der Waals surface area contributed by atoms with Gasteiger partial charge in [-0.3, -0.25) is 19.0 Å². The molecule has 0 saturated carbocycles. The first-order chi connectivity index (χ1) is 17.0. The Morgan fingerprint density at radius 1 is 1.14 bits per heavy atom. The molecule has 3 heterocycles. The maximum absolute atomic E-state index is 13.3. The van der Waals surface area contributed by atoms with E-state index in [1.807, 2.05) is 5.38 Å². The van der Waals surface area contributed by atoms with Crippen LogP contribution in [0, 0.1) is 0 Å². The van der Waals surface area contributed by atoms with Gasteiger partial charge in [0.25, 0.3) is 5.56 Å². The van der Waals surface area contributed by atoms with E-state index >= 15 is 0 Å². The number of ether oxygens (including phenoxy) is 1. The molecule has 1 amide bonds. The molecular formula is C25H24N4O4S2. The van der Waals surface area contributed by atoms with Crippen LogP contribution in [0.25, 0.3) is 21.3 Å². The van der Waals surface area contributed by atoms with E-state index in [1.54, 1.807) is 12.3 Å². The second-order valence-corrected chi connectivity index (χ2v) is 10.1. The Bertz CT molecular complexity index is 1470. The Balaban J connectivity index is 1.35. The Kier molecular flexibility index (Phi) is 6.74. The number of carbonyl (C=O) groups excluding carboxylic acids is 2. The van der Waals surface area contributed by atoms with E-state index in [0.717, 1.165) is 24.0 Å². The molecule has 180 valence electrons. The summed E-state index contributed by atoms with van der Waals surface area (Å²) in [6.07, 6.45) is 6.03. The minimum atomic E-state index is -0.393. The SMILES string of the molecule is CCOC(=O)Cc1csc(NC(=O)Cn2cnc3scc(-c4ccc5c(c4)CCCC5)c3c2=O)n1. The molecule has 0 spiro atoms. The van der Waals surface area contributed by atoms with Crippen LogP contribution >= 0.6 is 22.7 Å². The maximum atomic E-state index is 13.3. The van der Waals surface area contributed by atoms with Gasteiger partial charge in [0, 0.05) is 16.3 Å². The van der Waals surface area contributed by atoms with Crippen molar-refractivity contribution in [3.8, 4) is 11.1 Å². The van der Waals surface area contributed by atoms with Crippen LogP contribution in [0.15, 0.2) is 40.1 Å². The fraction of sp³-hybridized carbons (Fsp3) is 0.320. The van der Waals surface area contributed by atoms with E-state index in [0.29, 0.717) is 27.6 Å². The zero-order chi connectivity index (χ0) is 24.4. The molecular weight excluding hydrogens is 484 g/mol. The molecule has 8 nitrogen and oxygen atoms in total. The summed E-state index contributed by atoms with van der Waals surface area (Å²) >= 11 is 2.65. The van der Waals surface area contributed by atoms with Crippen LogP contribution in [-0.4, -0.2) is 33.0 Å². The number of amides is 1. The van der Waals surface area contributed by atoms with Gasteiger partial charge in [0.05, 0.1) is 30.4 Å². The first kappa shape index (κ1) is 23.4. The largest absolute Gasteiger partial charge is 0.466 e. The van der Waals surface area contributed by atoms with Crippen molar-refractivity contribution in [2.75, 3.05) is 11.9 Å². The molecule has 1 N–H and O–H groups in total. The summed E-state index contributed by atoms with van der Waals surface area (Å²) in [7, 11) is 0. The summed E-state index contributed by atoms with van der Waals surface area (Å²) in [6.45, 7) is 1.86. The third kappa shape index (κ3) is 5.03. The highest BCUT2D eigenvalue weighted by Gasteiger charge is 2.17. The Hall–Kier alpha value is -3.37. The highest BCUT2D eigenvalue weighted by molar-refractivity contribution is 7.17. The third-order valence-electron chi connectivity index (χ3n) is 5.96. The van der Waals surface area contributed by atoms with Crippen LogP contribution in [0.5, 0.6) is 0 Å². The first-order valence-corrected chi connectivity index (χ1v) is 13.3. The number of carbonyl (C=O) groups is 2. The van der Waals surface area contributed by atoms with Crippen molar-refractivity contribution < 1.29 is 14.3 Å². The lowest BCUT2D eigenvalue weighted by Crippen LogP contribution is -2.27. The molecule has 1 aliphatic carbocycles. The van der Waals surface area contributed by atoms with Crippen molar-refractivity contribution in [1.29, 1.82) is 0 Å². The minimum Gasteiger partial charge on any atom is -0.466 e. The molecule has 0 aliphatic heterocycles. The predicted molar refractivity (Wildman–Crippen MR) is 137 cm³/mol. The lowest BCUT2D eigenvalue weighted by molar-refractivity contribution is -0.142. The number of thiazole rings is 1. The Labute approximate surface area is 209 Å². The zero-order valence-corrected chi connectivity index (χ0v) is 20.8. The van der Waals surface area contributed by atoms with E-state index in [4.69, 9.17) is 4.74 Å². The quantitative estimate of drug-likeness (QED) is 0.375. The first-order valence-electron chi connectivity index (χ1n) is 11.5. The number of hydrogen-bond acceptors (Lipinski definition) is 8. The Morgan fingerprint density at radius 2 is 1.97 bits per heavy atom. The summed E-state index contributed by atoms with van der Waals surface area (Å²) in [5.74, 6) is -0.761. The molecule has 0 saturated heterocycles. The Morgan fingerprint density at radius 3 is 2.80 bits per heavy atom. The van der Waals surface area contributed by atoms with Gasteiger partial charge in [-0.2, -0.15) is 0 Å². The van der Waals surface area contributed by atoms with Crippen molar-refractivity contribution >= 4 is 49.9 Å². The molecule has 10 heteroatoms. The number of hydrogen-bond donors (Lipinski definition) is 1. The second-order valence-electron chi connectivity index (χ2n) is 8.37. The monoisotopic (exact) mass is 508 g/mol. The number of thiophene rings is 1. The lowest BCUT2D eigenvalue weighted by atomic mass is 9.89. The van der Waals surface area contributed by atoms with Gasteiger partial charge in [0.2, 0.25) is 5.91 Å². The summed E-state index contributed by atoms with van der Waals surface area (Å²) in [5.41, 5.74) is 4.88. The zero-order valence-electron chi connectivity index (χ0n) is 19.2. The van der Waals surface area contributed by atoms with Crippen molar-refractivity contribution in [1.82, 2.24) is 14.5 Å². The molecule has 1 aromatic carbocycles. The smallest absolute Gasteiger partial charge is 0.311 e. The number of nitrogens with zero attached hydrogens (tertiary/aromatic N) is 3. The molecule has 4 aromatic rings. The van der Waals surface area contributed by atoms with Gasteiger partial charge >= 0.3 is 5.97 Å². The maximum Gasteiger partial charge on any atom is 0.311 e. The predicted octanol–water partition coefficient (Wildman–Crippen LogP) is 4.20. The fourth-order valence-corrected chi connectivity index (χ4v) is 5.95. The number of benzene rings is 1. The molecule has 0 fully saturated rings. The van der Waals surface area contributed by atoms with Crippen LogP contribution in [0.2, 0.25) is 0 Å². The van der Waals surface area contributed by atoms with Crippen LogP contribution in [0.3, 0.4) is 0 Å². The average molecular weight is 509 g/mol. The number of nitrogens with one attached hydrogen (secondary N) is 1. The van der Waals surface area contributed by atoms with Crippen molar-refractivity contribution in [2.45, 2.75) is 45.6 Å². The van der Waals surface area contributed by atoms with E-state index in [1.165, 1.54) is 57.5 Å². The number of rotatable bonds is 7. The highest BCUT2D eigenvalue weighted by atomic mass is 32.1. The number of esters is 1. The average Bonchev–Trinajstić information content (AvgIpc) is 3.48. The summed E-state index contributed by atoms with van der Waals surface area (Å²) < 4.78 is 6.24. The van der Waals surface area contributed by atoms with Crippen molar-refractivity contribution in [3.63, 3.8) is 0 Å². The molecule has 0 unspecified atom stereocenters. The van der Waals surface area contributed by atoms with Crippen LogP contribution < -0.4 is 10.9 Å². The van der Waals surface area contributed by atoms with Crippen molar-refractivity contribution in [3.05, 3.63) is 62.5 Å². The van der Waals surface area contributed by atoms with Crippen LogP contribution in [-0.2, 0) is 40.1 Å². The third-order valence-corrected chi connectivity index (χ3v) is 7.66. The van der Waals surface area contributed by atoms with Gasteiger partial charge < -0.3 is 10.1 Å². The number of aromatic nitrogens is 3. The van der Waals surface area contributed by atoms with Gasteiger partial charge in [-0.05, 0) is 49.3 Å². The van der Waals surface area contributed by atoms with Crippen LogP contribution in [0.4, 0.5) is 5.13 Å². The lowest BCUT2D eigenvalue weighted by Gasteiger charge is -2.16. The van der Waals surface area contributed by atoms with E-state index in [2.05, 4.69) is 33.5 Å². The van der Waals surface area contributed by atoms with Gasteiger partial charge in [-0.1, -0.05) is 18.2 Å². The standard InChI is InChI=1S/C25H24N4O4S2/c1-2-33-21(31)10-18-12-35-25(27-18)28-20(30)11-29-14-26-23-22(24(29)32)19(13-34-23)17-8-7-15-5-3-4-6-16(15)9-17/h7-9,12-14H,2-6,10-11H2,1H3,(H,27,28,30). The second kappa shape index (κ2) is 10.1.